The molecule has 0 aliphatic heterocycles. The zero-order valence-corrected chi connectivity index (χ0v) is 7.59. The van der Waals surface area contributed by atoms with Crippen molar-refractivity contribution in [2.45, 2.75) is 40.2 Å². The molecule has 0 bridgehead atoms. The van der Waals surface area contributed by atoms with E-state index in [-0.39, 0.29) is 0 Å². The number of aryl methyl sites for hydroxylation is 3. The minimum atomic E-state index is 0.977. The first-order valence-electron chi connectivity index (χ1n) is 4.30. The van der Waals surface area contributed by atoms with Gasteiger partial charge < -0.3 is 0 Å². The van der Waals surface area contributed by atoms with Crippen LogP contribution in [-0.4, -0.2) is 9.78 Å². The molecule has 0 N–H and O–H groups in total. The molecule has 1 heterocycles. The van der Waals surface area contributed by atoms with Gasteiger partial charge in [-0.1, -0.05) is 13.3 Å². The molecule has 2 nitrogen and oxygen atoms in total. The monoisotopic (exact) mass is 152 g/mol. The van der Waals surface area contributed by atoms with Gasteiger partial charge in [0.2, 0.25) is 0 Å². The Morgan fingerprint density at radius 2 is 2.18 bits per heavy atom. The third kappa shape index (κ3) is 1.82. The maximum atomic E-state index is 4.36. The minimum absolute atomic E-state index is 0.977. The van der Waals surface area contributed by atoms with Crippen molar-refractivity contribution in [1.82, 2.24) is 9.78 Å². The molecule has 0 aliphatic rings. The van der Waals surface area contributed by atoms with Crippen LogP contribution in [0, 0.1) is 6.92 Å². The van der Waals surface area contributed by atoms with Gasteiger partial charge in [0.05, 0.1) is 5.69 Å². The van der Waals surface area contributed by atoms with Crippen molar-refractivity contribution in [1.29, 1.82) is 0 Å². The quantitative estimate of drug-likeness (QED) is 0.649. The normalized spacial score (nSPS) is 10.5. The van der Waals surface area contributed by atoms with Gasteiger partial charge in [-0.15, -0.1) is 0 Å². The van der Waals surface area contributed by atoms with Crippen molar-refractivity contribution < 1.29 is 0 Å². The van der Waals surface area contributed by atoms with Gasteiger partial charge in [0.25, 0.3) is 0 Å². The van der Waals surface area contributed by atoms with Gasteiger partial charge in [-0.2, -0.15) is 5.10 Å². The Morgan fingerprint density at radius 1 is 1.45 bits per heavy atom. The molecule has 0 saturated heterocycles. The molecule has 1 aromatic heterocycles. The zero-order valence-electron chi connectivity index (χ0n) is 7.59. The van der Waals surface area contributed by atoms with Gasteiger partial charge in [-0.25, -0.2) is 0 Å². The minimum Gasteiger partial charge on any atom is -0.272 e. The highest BCUT2D eigenvalue weighted by molar-refractivity contribution is 5.15. The van der Waals surface area contributed by atoms with E-state index in [0.717, 1.165) is 13.0 Å². The van der Waals surface area contributed by atoms with Crippen molar-refractivity contribution in [3.8, 4) is 0 Å². The third-order valence-electron chi connectivity index (χ3n) is 1.89. The van der Waals surface area contributed by atoms with Crippen LogP contribution in [0.1, 0.15) is 31.5 Å². The van der Waals surface area contributed by atoms with E-state index >= 15 is 0 Å². The highest BCUT2D eigenvalue weighted by atomic mass is 15.3. The first-order valence-corrected chi connectivity index (χ1v) is 4.30. The Labute approximate surface area is 68.2 Å². The predicted octanol–water partition coefficient (Wildman–Crippen LogP) is 2.16. The highest BCUT2D eigenvalue weighted by Crippen LogP contribution is 2.07. The Balaban J connectivity index is 2.79. The lowest BCUT2D eigenvalue weighted by Crippen LogP contribution is -1.93. The van der Waals surface area contributed by atoms with Crippen molar-refractivity contribution in [3.63, 3.8) is 0 Å². The van der Waals surface area contributed by atoms with Crippen LogP contribution in [0.5, 0.6) is 0 Å². The van der Waals surface area contributed by atoms with E-state index in [0.29, 0.717) is 0 Å². The van der Waals surface area contributed by atoms with E-state index in [1.807, 2.05) is 4.68 Å². The summed E-state index contributed by atoms with van der Waals surface area (Å²) in [6.07, 6.45) is 4.51. The van der Waals surface area contributed by atoms with Gasteiger partial charge in [0, 0.05) is 12.7 Å². The van der Waals surface area contributed by atoms with Crippen molar-refractivity contribution >= 4 is 0 Å². The van der Waals surface area contributed by atoms with Gasteiger partial charge in [-0.05, 0) is 25.8 Å². The highest BCUT2D eigenvalue weighted by Gasteiger charge is 2.01. The summed E-state index contributed by atoms with van der Waals surface area (Å²) >= 11 is 0. The number of rotatable bonds is 3. The Morgan fingerprint density at radius 3 is 2.64 bits per heavy atom. The summed E-state index contributed by atoms with van der Waals surface area (Å²) in [6, 6.07) is 0. The fourth-order valence-corrected chi connectivity index (χ4v) is 1.24. The van der Waals surface area contributed by atoms with E-state index < -0.39 is 0 Å². The third-order valence-corrected chi connectivity index (χ3v) is 1.89. The molecule has 0 radical (unpaired) electrons. The lowest BCUT2D eigenvalue weighted by atomic mass is 10.2. The van der Waals surface area contributed by atoms with Gasteiger partial charge in [0.15, 0.2) is 0 Å². The first-order chi connectivity index (χ1) is 5.27. The fraction of sp³-hybridized carbons (Fsp3) is 0.667. The summed E-state index contributed by atoms with van der Waals surface area (Å²) in [7, 11) is 0. The van der Waals surface area contributed by atoms with Gasteiger partial charge in [0.1, 0.15) is 0 Å². The van der Waals surface area contributed by atoms with Crippen LogP contribution in [0.15, 0.2) is 6.20 Å². The molecule has 0 aliphatic carbocycles. The van der Waals surface area contributed by atoms with Crippen LogP contribution in [0.25, 0.3) is 0 Å². The molecule has 0 atom stereocenters. The van der Waals surface area contributed by atoms with Crippen LogP contribution < -0.4 is 0 Å². The largest absolute Gasteiger partial charge is 0.272 e. The maximum absolute atomic E-state index is 4.36. The molecular formula is C9H16N2. The predicted molar refractivity (Wildman–Crippen MR) is 46.6 cm³/mol. The number of hydrogen-bond donors (Lipinski definition) is 0. The lowest BCUT2D eigenvalue weighted by Gasteiger charge is -1.91. The van der Waals surface area contributed by atoms with Crippen LogP contribution in [-0.2, 0) is 13.0 Å². The van der Waals surface area contributed by atoms with E-state index in [2.05, 4.69) is 32.1 Å². The fourth-order valence-electron chi connectivity index (χ4n) is 1.24. The zero-order chi connectivity index (χ0) is 8.27. The van der Waals surface area contributed by atoms with Crippen LogP contribution >= 0.6 is 0 Å². The molecule has 0 amide bonds. The Hall–Kier alpha value is -0.790. The average molecular weight is 152 g/mol. The molecular weight excluding hydrogens is 136 g/mol. The van der Waals surface area contributed by atoms with Gasteiger partial charge >= 0.3 is 0 Å². The summed E-state index contributed by atoms with van der Waals surface area (Å²) in [5.41, 5.74) is 2.59. The molecule has 0 spiro atoms. The molecule has 0 aromatic carbocycles. The lowest BCUT2D eigenvalue weighted by molar-refractivity contribution is 0.653. The van der Waals surface area contributed by atoms with Crippen molar-refractivity contribution in [2.75, 3.05) is 0 Å². The van der Waals surface area contributed by atoms with E-state index in [1.54, 1.807) is 0 Å². The van der Waals surface area contributed by atoms with E-state index in [1.165, 1.54) is 17.7 Å². The Kier molecular flexibility index (Phi) is 2.69. The summed E-state index contributed by atoms with van der Waals surface area (Å²) in [4.78, 5) is 0. The number of aromatic nitrogens is 2. The summed E-state index contributed by atoms with van der Waals surface area (Å²) in [6.45, 7) is 7.37. The summed E-state index contributed by atoms with van der Waals surface area (Å²) in [5, 5.41) is 4.36. The maximum Gasteiger partial charge on any atom is 0.0625 e. The first kappa shape index (κ1) is 8.31. The second-order valence-electron chi connectivity index (χ2n) is 2.85. The molecule has 1 aromatic rings. The molecule has 62 valence electrons. The smallest absolute Gasteiger partial charge is 0.0625 e. The summed E-state index contributed by atoms with van der Waals surface area (Å²) < 4.78 is 2.00. The van der Waals surface area contributed by atoms with Crippen LogP contribution in [0.3, 0.4) is 0 Å². The standard InChI is InChI=1S/C9H16N2/c1-4-6-9-7-11(5-2)10-8(9)3/h7H,4-6H2,1-3H3. The molecule has 0 unspecified atom stereocenters. The van der Waals surface area contributed by atoms with Crippen LogP contribution in [0.2, 0.25) is 0 Å². The van der Waals surface area contributed by atoms with E-state index in [4.69, 9.17) is 0 Å². The second-order valence-corrected chi connectivity index (χ2v) is 2.85. The Bertz CT molecular complexity index is 225. The molecule has 1 rings (SSSR count). The van der Waals surface area contributed by atoms with Crippen molar-refractivity contribution in [3.05, 3.63) is 17.5 Å². The average Bonchev–Trinajstić information content (AvgIpc) is 2.33. The van der Waals surface area contributed by atoms with Crippen LogP contribution in [0.4, 0.5) is 0 Å². The molecule has 11 heavy (non-hydrogen) atoms. The van der Waals surface area contributed by atoms with Gasteiger partial charge in [-0.3, -0.25) is 4.68 Å². The molecule has 0 fully saturated rings. The summed E-state index contributed by atoms with van der Waals surface area (Å²) in [5.74, 6) is 0. The van der Waals surface area contributed by atoms with Crippen molar-refractivity contribution in [2.24, 2.45) is 0 Å². The molecule has 0 saturated carbocycles. The number of nitrogens with zero attached hydrogens (tertiary/aromatic N) is 2. The number of hydrogen-bond acceptors (Lipinski definition) is 1. The topological polar surface area (TPSA) is 17.8 Å². The van der Waals surface area contributed by atoms with E-state index in [9.17, 15) is 0 Å². The second kappa shape index (κ2) is 3.56. The molecule has 2 heteroatoms. The SMILES string of the molecule is CCCc1cn(CC)nc1C.